The summed E-state index contributed by atoms with van der Waals surface area (Å²) in [5.74, 6) is 0.603. The topological polar surface area (TPSA) is 102 Å². The van der Waals surface area contributed by atoms with Gasteiger partial charge in [0.1, 0.15) is 5.69 Å². The maximum atomic E-state index is 11.3. The molecule has 2 atom stereocenters. The minimum absolute atomic E-state index is 0.107. The number of benzene rings is 2. The predicted octanol–water partition coefficient (Wildman–Crippen LogP) is 3.22. The van der Waals surface area contributed by atoms with E-state index in [9.17, 15) is 4.79 Å². The molecule has 0 radical (unpaired) electrons. The molecule has 5 rings (SSSR count). The Bertz CT molecular complexity index is 1310. The molecule has 0 spiro atoms. The highest BCUT2D eigenvalue weighted by Gasteiger charge is 2.27. The first-order valence-corrected chi connectivity index (χ1v) is 11.2. The number of nitrogens with one attached hydrogen (secondary N) is 3. The molecule has 9 heteroatoms. The number of hydrogen-bond donors (Lipinski definition) is 3. The lowest BCUT2D eigenvalue weighted by atomic mass is 10.1. The zero-order chi connectivity index (χ0) is 23.1. The molecule has 172 valence electrons. The van der Waals surface area contributed by atoms with Crippen LogP contribution in [-0.4, -0.2) is 76.9 Å². The van der Waals surface area contributed by atoms with Crippen LogP contribution in [0.1, 0.15) is 13.8 Å². The molecule has 1 aliphatic rings. The van der Waals surface area contributed by atoms with Crippen molar-refractivity contribution >= 4 is 39.2 Å². The van der Waals surface area contributed by atoms with Gasteiger partial charge in [0.25, 0.3) is 0 Å². The summed E-state index contributed by atoms with van der Waals surface area (Å²) in [6.07, 6.45) is 0.182. The molecular formula is C24H29N7O2. The Morgan fingerprint density at radius 3 is 2.88 bits per heavy atom. The van der Waals surface area contributed by atoms with Crippen LogP contribution in [0.3, 0.4) is 0 Å². The fourth-order valence-corrected chi connectivity index (χ4v) is 4.46. The van der Waals surface area contributed by atoms with Gasteiger partial charge in [0, 0.05) is 42.8 Å². The number of carbonyl (C=O) groups is 1. The normalized spacial score (nSPS) is 19.0. The van der Waals surface area contributed by atoms with E-state index in [1.165, 1.54) is 6.92 Å². The zero-order valence-corrected chi connectivity index (χ0v) is 19.3. The third-order valence-electron chi connectivity index (χ3n) is 5.98. The van der Waals surface area contributed by atoms with Crippen LogP contribution >= 0.6 is 0 Å². The van der Waals surface area contributed by atoms with Gasteiger partial charge in [-0.05, 0) is 57.4 Å². The van der Waals surface area contributed by atoms with Crippen molar-refractivity contribution in [2.24, 2.45) is 0 Å². The largest absolute Gasteiger partial charge is 0.373 e. The van der Waals surface area contributed by atoms with E-state index in [1.807, 2.05) is 18.2 Å². The fourth-order valence-electron chi connectivity index (χ4n) is 4.46. The number of aromatic nitrogens is 4. The molecule has 1 fully saturated rings. The first kappa shape index (κ1) is 21.4. The van der Waals surface area contributed by atoms with Gasteiger partial charge in [-0.25, -0.2) is 4.98 Å². The first-order valence-electron chi connectivity index (χ1n) is 11.2. The van der Waals surface area contributed by atoms with Crippen LogP contribution < -0.4 is 10.2 Å². The Labute approximate surface area is 192 Å². The number of likely N-dealkylation sites (N-methyl/N-ethyl adjacent to an activating group) is 1. The monoisotopic (exact) mass is 447 g/mol. The number of imidazole rings is 1. The molecule has 2 aromatic heterocycles. The van der Waals surface area contributed by atoms with E-state index in [2.05, 4.69) is 69.5 Å². The molecular weight excluding hydrogens is 418 g/mol. The number of morpholine rings is 1. The van der Waals surface area contributed by atoms with E-state index in [4.69, 9.17) is 9.72 Å². The number of amides is 1. The van der Waals surface area contributed by atoms with Crippen molar-refractivity contribution in [3.63, 3.8) is 0 Å². The zero-order valence-electron chi connectivity index (χ0n) is 19.3. The van der Waals surface area contributed by atoms with Gasteiger partial charge in [-0.1, -0.05) is 0 Å². The van der Waals surface area contributed by atoms with Gasteiger partial charge >= 0.3 is 0 Å². The summed E-state index contributed by atoms with van der Waals surface area (Å²) < 4.78 is 6.03. The third-order valence-corrected chi connectivity index (χ3v) is 5.98. The number of fused-ring (bicyclic) bond motifs is 2. The maximum absolute atomic E-state index is 11.3. The average molecular weight is 448 g/mol. The Balaban J connectivity index is 1.44. The highest BCUT2D eigenvalue weighted by molar-refractivity contribution is 5.97. The number of nitrogens with zero attached hydrogens (tertiary/aromatic N) is 4. The Morgan fingerprint density at radius 1 is 1.24 bits per heavy atom. The van der Waals surface area contributed by atoms with Crippen molar-refractivity contribution in [1.29, 1.82) is 0 Å². The van der Waals surface area contributed by atoms with E-state index in [0.717, 1.165) is 52.1 Å². The van der Waals surface area contributed by atoms with Gasteiger partial charge in [-0.2, -0.15) is 5.10 Å². The van der Waals surface area contributed by atoms with Crippen LogP contribution in [0.5, 0.6) is 0 Å². The molecule has 0 aliphatic carbocycles. The molecule has 3 heterocycles. The summed E-state index contributed by atoms with van der Waals surface area (Å²) in [5.41, 5.74) is 5.34. The second-order valence-electron chi connectivity index (χ2n) is 9.02. The van der Waals surface area contributed by atoms with Crippen LogP contribution in [0.25, 0.3) is 33.5 Å². The Hall–Kier alpha value is -3.43. The summed E-state index contributed by atoms with van der Waals surface area (Å²) in [6.45, 7) is 6.15. The number of rotatable bonds is 5. The summed E-state index contributed by atoms with van der Waals surface area (Å²) in [4.78, 5) is 24.1. The molecule has 33 heavy (non-hydrogen) atoms. The summed E-state index contributed by atoms with van der Waals surface area (Å²) in [5, 5.41) is 11.3. The van der Waals surface area contributed by atoms with Crippen molar-refractivity contribution in [1.82, 2.24) is 25.1 Å². The van der Waals surface area contributed by atoms with Crippen LogP contribution in [-0.2, 0) is 9.53 Å². The number of aromatic amines is 2. The van der Waals surface area contributed by atoms with Crippen LogP contribution in [0.4, 0.5) is 11.4 Å². The lowest BCUT2D eigenvalue weighted by Crippen LogP contribution is -2.51. The lowest BCUT2D eigenvalue weighted by Gasteiger charge is -2.40. The van der Waals surface area contributed by atoms with Crippen LogP contribution in [0.2, 0.25) is 0 Å². The second kappa shape index (κ2) is 8.49. The quantitative estimate of drug-likeness (QED) is 0.434. The molecule has 1 aliphatic heterocycles. The smallest absolute Gasteiger partial charge is 0.221 e. The van der Waals surface area contributed by atoms with E-state index in [1.54, 1.807) is 0 Å². The van der Waals surface area contributed by atoms with E-state index >= 15 is 0 Å². The second-order valence-corrected chi connectivity index (χ2v) is 9.02. The number of carbonyl (C=O) groups excluding carboxylic acids is 1. The molecule has 9 nitrogen and oxygen atoms in total. The molecule has 1 amide bonds. The number of ether oxygens (including phenoxy) is 1. The highest BCUT2D eigenvalue weighted by atomic mass is 16.5. The standard InChI is InChI=1S/C24H29N7O2/c1-14-13-33-18(11-30(3)4)12-31(14)17-6-8-20-22(10-17)27-24(26-20)23-19-7-5-16(25-15(2)32)9-21(19)28-29-23/h5-10,14,18H,11-13H2,1-4H3,(H,25,32)(H,26,27)(H,28,29). The van der Waals surface area contributed by atoms with Gasteiger partial charge in [0.2, 0.25) is 5.91 Å². The van der Waals surface area contributed by atoms with Gasteiger partial charge < -0.3 is 24.8 Å². The maximum Gasteiger partial charge on any atom is 0.221 e. The lowest BCUT2D eigenvalue weighted by molar-refractivity contribution is -0.114. The molecule has 1 saturated heterocycles. The molecule has 3 N–H and O–H groups in total. The average Bonchev–Trinajstić information content (AvgIpc) is 3.37. The van der Waals surface area contributed by atoms with Gasteiger partial charge in [-0.3, -0.25) is 9.89 Å². The summed E-state index contributed by atoms with van der Waals surface area (Å²) in [6, 6.07) is 12.3. The Kier molecular flexibility index (Phi) is 5.51. The first-order chi connectivity index (χ1) is 15.9. The SMILES string of the molecule is CC(=O)Nc1ccc2c(-c3nc4ccc(N5CC(CN(C)C)OCC5C)cc4[nH]3)n[nH]c2c1. The molecule has 2 aromatic carbocycles. The minimum atomic E-state index is -0.107. The van der Waals surface area contributed by atoms with Crippen molar-refractivity contribution in [2.75, 3.05) is 44.0 Å². The van der Waals surface area contributed by atoms with Crippen molar-refractivity contribution in [3.05, 3.63) is 36.4 Å². The van der Waals surface area contributed by atoms with Crippen LogP contribution in [0, 0.1) is 0 Å². The highest BCUT2D eigenvalue weighted by Crippen LogP contribution is 2.30. The Morgan fingerprint density at radius 2 is 2.09 bits per heavy atom. The molecule has 0 bridgehead atoms. The van der Waals surface area contributed by atoms with E-state index in [0.29, 0.717) is 18.5 Å². The van der Waals surface area contributed by atoms with Crippen LogP contribution in [0.15, 0.2) is 36.4 Å². The summed E-state index contributed by atoms with van der Waals surface area (Å²) >= 11 is 0. The van der Waals surface area contributed by atoms with Crippen molar-refractivity contribution in [3.8, 4) is 11.5 Å². The third kappa shape index (κ3) is 4.29. The molecule has 4 aromatic rings. The van der Waals surface area contributed by atoms with Gasteiger partial charge in [0.05, 0.1) is 29.3 Å². The van der Waals surface area contributed by atoms with Crippen molar-refractivity contribution in [2.45, 2.75) is 26.0 Å². The number of anilines is 2. The summed E-state index contributed by atoms with van der Waals surface area (Å²) in [7, 11) is 4.15. The van der Waals surface area contributed by atoms with Gasteiger partial charge in [0.15, 0.2) is 5.82 Å². The molecule has 2 unspecified atom stereocenters. The predicted molar refractivity (Wildman–Crippen MR) is 131 cm³/mol. The van der Waals surface area contributed by atoms with Gasteiger partial charge in [-0.15, -0.1) is 0 Å². The van der Waals surface area contributed by atoms with E-state index < -0.39 is 0 Å². The number of hydrogen-bond acceptors (Lipinski definition) is 6. The molecule has 0 saturated carbocycles. The fraction of sp³-hybridized carbons (Fsp3) is 0.375. The number of H-pyrrole nitrogens is 2. The van der Waals surface area contributed by atoms with E-state index in [-0.39, 0.29) is 12.0 Å². The minimum Gasteiger partial charge on any atom is -0.373 e. The van der Waals surface area contributed by atoms with Crippen molar-refractivity contribution < 1.29 is 9.53 Å².